The van der Waals surface area contributed by atoms with Crippen LogP contribution in [0.1, 0.15) is 23.6 Å². The maximum absolute atomic E-state index is 12.1. The van der Waals surface area contributed by atoms with Crippen LogP contribution in [0.5, 0.6) is 0 Å². The van der Waals surface area contributed by atoms with E-state index in [1.165, 1.54) is 22.7 Å². The number of rotatable bonds is 4. The summed E-state index contributed by atoms with van der Waals surface area (Å²) in [5, 5.41) is 23.1. The van der Waals surface area contributed by atoms with Gasteiger partial charge in [0.25, 0.3) is 0 Å². The van der Waals surface area contributed by atoms with Gasteiger partial charge in [0.1, 0.15) is 0 Å². The summed E-state index contributed by atoms with van der Waals surface area (Å²) in [6, 6.07) is 9.39. The summed E-state index contributed by atoms with van der Waals surface area (Å²) in [7, 11) is 0. The molecule has 2 aromatic heterocycles. The summed E-state index contributed by atoms with van der Waals surface area (Å²) >= 11 is 2.75. The van der Waals surface area contributed by atoms with Crippen LogP contribution in [0.25, 0.3) is 0 Å². The van der Waals surface area contributed by atoms with Crippen molar-refractivity contribution in [2.24, 2.45) is 5.41 Å². The number of hydrogen-bond acceptors (Lipinski definition) is 4. The Morgan fingerprint density at radius 3 is 1.95 bits per heavy atom. The highest BCUT2D eigenvalue weighted by atomic mass is 32.1. The van der Waals surface area contributed by atoms with Crippen LogP contribution in [0, 0.1) is 16.7 Å². The second-order valence-corrected chi connectivity index (χ2v) is 6.64. The molecule has 0 aromatic carbocycles. The predicted octanol–water partition coefficient (Wildman–Crippen LogP) is 3.73. The maximum atomic E-state index is 12.1. The van der Waals surface area contributed by atoms with Gasteiger partial charge < -0.3 is 5.11 Å². The summed E-state index contributed by atoms with van der Waals surface area (Å²) < 4.78 is 0. The molecular weight excluding hydrogens is 278 g/mol. The van der Waals surface area contributed by atoms with Crippen molar-refractivity contribution in [1.82, 2.24) is 0 Å². The minimum absolute atomic E-state index is 0.689. The number of thiophene rings is 2. The van der Waals surface area contributed by atoms with E-state index in [9.17, 15) is 15.2 Å². The van der Waals surface area contributed by atoms with Crippen LogP contribution in [0.15, 0.2) is 35.0 Å². The molecule has 0 fully saturated rings. The van der Waals surface area contributed by atoms with Crippen LogP contribution < -0.4 is 0 Å². The minimum atomic E-state index is -1.32. The maximum Gasteiger partial charge on any atom is 0.321 e. The molecular formula is C14H13NO2S2. The van der Waals surface area contributed by atoms with Crippen molar-refractivity contribution in [3.63, 3.8) is 0 Å². The van der Waals surface area contributed by atoms with Crippen LogP contribution in [-0.2, 0) is 10.2 Å². The Kier molecular flexibility index (Phi) is 3.48. The number of aliphatic carboxylic acids is 1. The molecule has 19 heavy (non-hydrogen) atoms. The number of carboxylic acid groups (broad SMARTS) is 1. The van der Waals surface area contributed by atoms with Crippen LogP contribution in [0.2, 0.25) is 0 Å². The van der Waals surface area contributed by atoms with Gasteiger partial charge in [-0.2, -0.15) is 5.26 Å². The predicted molar refractivity (Wildman–Crippen MR) is 76.4 cm³/mol. The average molecular weight is 291 g/mol. The molecule has 0 saturated carbocycles. The lowest BCUT2D eigenvalue weighted by Gasteiger charge is -2.37. The van der Waals surface area contributed by atoms with Gasteiger partial charge in [-0.25, -0.2) is 0 Å². The standard InChI is InChI=1S/C14H13NO2S2/c1-13(2,9-15)14(12(16)17,10-5-3-7-18-10)11-6-4-8-19-11/h3-8H,1-2H3,(H,16,17). The highest BCUT2D eigenvalue weighted by molar-refractivity contribution is 7.12. The largest absolute Gasteiger partial charge is 0.480 e. The molecule has 0 aliphatic carbocycles. The zero-order valence-electron chi connectivity index (χ0n) is 10.6. The Labute approximate surface area is 119 Å². The van der Waals surface area contributed by atoms with Crippen molar-refractivity contribution >= 4 is 28.6 Å². The van der Waals surface area contributed by atoms with E-state index in [1.54, 1.807) is 26.0 Å². The van der Waals surface area contributed by atoms with Crippen molar-refractivity contribution in [2.75, 3.05) is 0 Å². The van der Waals surface area contributed by atoms with Crippen molar-refractivity contribution < 1.29 is 9.90 Å². The van der Waals surface area contributed by atoms with Gasteiger partial charge in [-0.3, -0.25) is 4.79 Å². The van der Waals surface area contributed by atoms with Gasteiger partial charge in [0.15, 0.2) is 5.41 Å². The zero-order chi connectivity index (χ0) is 14.1. The number of nitriles is 1. The number of hydrogen-bond donors (Lipinski definition) is 1. The van der Waals surface area contributed by atoms with E-state index in [1.807, 2.05) is 22.9 Å². The summed E-state index contributed by atoms with van der Waals surface area (Å²) in [5.41, 5.74) is -2.36. The fourth-order valence-electron chi connectivity index (χ4n) is 2.28. The summed E-state index contributed by atoms with van der Waals surface area (Å²) in [4.78, 5) is 13.5. The van der Waals surface area contributed by atoms with Gasteiger partial charge >= 0.3 is 5.97 Å². The molecule has 2 aromatic rings. The second-order valence-electron chi connectivity index (χ2n) is 4.75. The number of carboxylic acids is 1. The SMILES string of the molecule is CC(C)(C#N)C(C(=O)O)(c1cccs1)c1cccs1. The molecule has 0 spiro atoms. The molecule has 0 amide bonds. The minimum Gasteiger partial charge on any atom is -0.480 e. The fraction of sp³-hybridized carbons (Fsp3) is 0.286. The monoisotopic (exact) mass is 291 g/mol. The van der Waals surface area contributed by atoms with Crippen LogP contribution in [0.3, 0.4) is 0 Å². The van der Waals surface area contributed by atoms with E-state index in [4.69, 9.17) is 0 Å². The molecule has 0 saturated heterocycles. The molecule has 1 N–H and O–H groups in total. The quantitative estimate of drug-likeness (QED) is 0.933. The Bertz CT molecular complexity index is 572. The molecule has 0 bridgehead atoms. The molecule has 0 aliphatic heterocycles. The summed E-state index contributed by atoms with van der Waals surface area (Å²) in [6.45, 7) is 3.36. The lowest BCUT2D eigenvalue weighted by molar-refractivity contribution is -0.144. The molecule has 2 heterocycles. The second kappa shape index (κ2) is 4.80. The van der Waals surface area contributed by atoms with Gasteiger partial charge in [-0.1, -0.05) is 12.1 Å². The van der Waals surface area contributed by atoms with Gasteiger partial charge in [0.2, 0.25) is 0 Å². The number of carbonyl (C=O) groups is 1. The third kappa shape index (κ3) is 1.88. The molecule has 98 valence electrons. The molecule has 2 rings (SSSR count). The Hall–Kier alpha value is -1.64. The first kappa shape index (κ1) is 13.8. The third-order valence-corrected chi connectivity index (χ3v) is 5.30. The van der Waals surface area contributed by atoms with Gasteiger partial charge in [-0.15, -0.1) is 22.7 Å². The van der Waals surface area contributed by atoms with E-state index in [0.717, 1.165) is 0 Å². The zero-order valence-corrected chi connectivity index (χ0v) is 12.2. The first-order chi connectivity index (χ1) is 8.96. The summed E-state index contributed by atoms with van der Waals surface area (Å²) in [6.07, 6.45) is 0. The van der Waals surface area contributed by atoms with Gasteiger partial charge in [-0.05, 0) is 36.7 Å². The van der Waals surface area contributed by atoms with Crippen LogP contribution in [0.4, 0.5) is 0 Å². The Morgan fingerprint density at radius 2 is 1.68 bits per heavy atom. The van der Waals surface area contributed by atoms with Crippen molar-refractivity contribution in [3.05, 3.63) is 44.8 Å². The van der Waals surface area contributed by atoms with E-state index in [-0.39, 0.29) is 0 Å². The van der Waals surface area contributed by atoms with Crippen LogP contribution in [-0.4, -0.2) is 11.1 Å². The highest BCUT2D eigenvalue weighted by Crippen LogP contribution is 2.50. The molecule has 0 radical (unpaired) electrons. The molecule has 0 aliphatic rings. The Morgan fingerprint density at radius 1 is 1.21 bits per heavy atom. The molecule has 3 nitrogen and oxygen atoms in total. The average Bonchev–Trinajstić information content (AvgIpc) is 3.02. The smallest absolute Gasteiger partial charge is 0.321 e. The van der Waals surface area contributed by atoms with Crippen molar-refractivity contribution in [1.29, 1.82) is 5.26 Å². The van der Waals surface area contributed by atoms with Crippen LogP contribution >= 0.6 is 22.7 Å². The fourth-order valence-corrected chi connectivity index (χ4v) is 4.53. The lowest BCUT2D eigenvalue weighted by atomic mass is 9.64. The van der Waals surface area contributed by atoms with E-state index >= 15 is 0 Å². The van der Waals surface area contributed by atoms with Gasteiger partial charge in [0, 0.05) is 9.75 Å². The van der Waals surface area contributed by atoms with E-state index in [0.29, 0.717) is 9.75 Å². The molecule has 0 unspecified atom stereocenters. The third-order valence-electron chi connectivity index (χ3n) is 3.32. The summed E-state index contributed by atoms with van der Waals surface area (Å²) in [5.74, 6) is -0.982. The van der Waals surface area contributed by atoms with Crippen molar-refractivity contribution in [3.8, 4) is 6.07 Å². The lowest BCUT2D eigenvalue weighted by Crippen LogP contribution is -2.48. The normalized spacial score (nSPS) is 12.1. The topological polar surface area (TPSA) is 61.1 Å². The highest BCUT2D eigenvalue weighted by Gasteiger charge is 2.56. The van der Waals surface area contributed by atoms with Crippen molar-refractivity contribution in [2.45, 2.75) is 19.3 Å². The molecule has 0 atom stereocenters. The Balaban J connectivity index is 2.82. The molecule has 5 heteroatoms. The van der Waals surface area contributed by atoms with Gasteiger partial charge in [0.05, 0.1) is 11.5 Å². The first-order valence-corrected chi connectivity index (χ1v) is 7.45. The number of nitrogens with zero attached hydrogens (tertiary/aromatic N) is 1. The van der Waals surface area contributed by atoms with E-state index in [2.05, 4.69) is 6.07 Å². The first-order valence-electron chi connectivity index (χ1n) is 5.69. The van der Waals surface area contributed by atoms with E-state index < -0.39 is 16.8 Å².